The standard InChI is InChI=1S/C22H29N3O4S/c1-4-25(5-2)30(27,28)19-10-11-21(24-12-14-29-15-13-24)20(16-19)22(26)23-18-8-6-17(3)7-9-18/h6-11,16H,4-5,12-15H2,1-3H3,(H,23,26). The van der Waals surface area contributed by atoms with Crippen molar-refractivity contribution in [1.82, 2.24) is 4.31 Å². The highest BCUT2D eigenvalue weighted by atomic mass is 32.2. The van der Waals surface area contributed by atoms with E-state index in [1.54, 1.807) is 26.0 Å². The average Bonchev–Trinajstić information content (AvgIpc) is 2.76. The van der Waals surface area contributed by atoms with Crippen molar-refractivity contribution < 1.29 is 17.9 Å². The van der Waals surface area contributed by atoms with E-state index in [9.17, 15) is 13.2 Å². The molecule has 1 amide bonds. The molecule has 0 bridgehead atoms. The highest BCUT2D eigenvalue weighted by molar-refractivity contribution is 7.89. The first kappa shape index (κ1) is 22.3. The van der Waals surface area contributed by atoms with Crippen molar-refractivity contribution in [2.45, 2.75) is 25.7 Å². The predicted octanol–water partition coefficient (Wildman–Crippen LogP) is 3.11. The molecule has 30 heavy (non-hydrogen) atoms. The molecule has 8 heteroatoms. The second kappa shape index (κ2) is 9.59. The van der Waals surface area contributed by atoms with Gasteiger partial charge in [-0.25, -0.2) is 8.42 Å². The van der Waals surface area contributed by atoms with Gasteiger partial charge in [-0.3, -0.25) is 4.79 Å². The maximum atomic E-state index is 13.2. The lowest BCUT2D eigenvalue weighted by Gasteiger charge is -2.30. The fourth-order valence-corrected chi connectivity index (χ4v) is 4.97. The molecule has 2 aromatic carbocycles. The number of carbonyl (C=O) groups is 1. The number of rotatable bonds is 7. The van der Waals surface area contributed by atoms with Crippen molar-refractivity contribution in [3.63, 3.8) is 0 Å². The smallest absolute Gasteiger partial charge is 0.257 e. The number of ether oxygens (including phenoxy) is 1. The second-order valence-electron chi connectivity index (χ2n) is 7.19. The van der Waals surface area contributed by atoms with Crippen molar-refractivity contribution in [2.24, 2.45) is 0 Å². The molecular weight excluding hydrogens is 402 g/mol. The van der Waals surface area contributed by atoms with Crippen molar-refractivity contribution in [3.05, 3.63) is 53.6 Å². The monoisotopic (exact) mass is 431 g/mol. The van der Waals surface area contributed by atoms with Crippen LogP contribution in [0.25, 0.3) is 0 Å². The van der Waals surface area contributed by atoms with E-state index in [1.807, 2.05) is 31.2 Å². The van der Waals surface area contributed by atoms with Gasteiger partial charge in [0.2, 0.25) is 10.0 Å². The number of carbonyl (C=O) groups excluding carboxylic acids is 1. The number of aryl methyl sites for hydroxylation is 1. The lowest BCUT2D eigenvalue weighted by molar-refractivity contribution is 0.102. The third-order valence-corrected chi connectivity index (χ3v) is 7.26. The van der Waals surface area contributed by atoms with Gasteiger partial charge in [0.05, 0.1) is 23.7 Å². The minimum absolute atomic E-state index is 0.122. The highest BCUT2D eigenvalue weighted by Crippen LogP contribution is 2.27. The van der Waals surface area contributed by atoms with E-state index in [4.69, 9.17) is 4.74 Å². The molecule has 0 saturated carbocycles. The summed E-state index contributed by atoms with van der Waals surface area (Å²) in [5.41, 5.74) is 2.80. The van der Waals surface area contributed by atoms with Gasteiger partial charge in [-0.2, -0.15) is 4.31 Å². The number of sulfonamides is 1. The zero-order valence-electron chi connectivity index (χ0n) is 17.7. The number of anilines is 2. The average molecular weight is 432 g/mol. The minimum atomic E-state index is -3.67. The van der Waals surface area contributed by atoms with E-state index < -0.39 is 10.0 Å². The number of hydrogen-bond acceptors (Lipinski definition) is 5. The van der Waals surface area contributed by atoms with Crippen molar-refractivity contribution in [1.29, 1.82) is 0 Å². The largest absolute Gasteiger partial charge is 0.378 e. The van der Waals surface area contributed by atoms with Gasteiger partial charge in [0.25, 0.3) is 5.91 Å². The van der Waals surface area contributed by atoms with E-state index in [0.29, 0.717) is 56.3 Å². The number of hydrogen-bond donors (Lipinski definition) is 1. The van der Waals surface area contributed by atoms with Gasteiger partial charge in [0.1, 0.15) is 0 Å². The SMILES string of the molecule is CCN(CC)S(=O)(=O)c1ccc(N2CCOCC2)c(C(=O)Nc2ccc(C)cc2)c1. The molecule has 0 unspecified atom stereocenters. The Balaban J connectivity index is 2.01. The second-order valence-corrected chi connectivity index (χ2v) is 9.13. The Bertz CT molecular complexity index is 980. The summed E-state index contributed by atoms with van der Waals surface area (Å²) in [7, 11) is -3.67. The topological polar surface area (TPSA) is 79.0 Å². The Labute approximate surface area is 178 Å². The summed E-state index contributed by atoms with van der Waals surface area (Å²) in [5, 5.41) is 2.90. The van der Waals surface area contributed by atoms with Crippen LogP contribution in [0.4, 0.5) is 11.4 Å². The first-order valence-electron chi connectivity index (χ1n) is 10.2. The molecule has 1 saturated heterocycles. The van der Waals surface area contributed by atoms with Gasteiger partial charge in [0.15, 0.2) is 0 Å². The van der Waals surface area contributed by atoms with E-state index in [2.05, 4.69) is 10.2 Å². The molecule has 1 aliphatic heterocycles. The van der Waals surface area contributed by atoms with Crippen LogP contribution in [0.5, 0.6) is 0 Å². The van der Waals surface area contributed by atoms with Crippen LogP contribution >= 0.6 is 0 Å². The maximum Gasteiger partial charge on any atom is 0.257 e. The van der Waals surface area contributed by atoms with Gasteiger partial charge < -0.3 is 15.0 Å². The Kier molecular flexibility index (Phi) is 7.12. The lowest BCUT2D eigenvalue weighted by Crippen LogP contribution is -2.37. The summed E-state index contributed by atoms with van der Waals surface area (Å²) in [4.78, 5) is 15.4. The van der Waals surface area contributed by atoms with Crippen LogP contribution in [0.3, 0.4) is 0 Å². The first-order chi connectivity index (χ1) is 14.4. The molecular formula is C22H29N3O4S. The zero-order valence-corrected chi connectivity index (χ0v) is 18.5. The minimum Gasteiger partial charge on any atom is -0.378 e. The van der Waals surface area contributed by atoms with Crippen molar-refractivity contribution in [2.75, 3.05) is 49.6 Å². The number of nitrogens with one attached hydrogen (secondary N) is 1. The lowest BCUT2D eigenvalue weighted by atomic mass is 10.1. The zero-order chi connectivity index (χ0) is 21.7. The molecule has 2 aromatic rings. The van der Waals surface area contributed by atoms with Crippen LogP contribution in [0.2, 0.25) is 0 Å². The van der Waals surface area contributed by atoms with Crippen LogP contribution in [0.15, 0.2) is 47.4 Å². The van der Waals surface area contributed by atoms with Crippen LogP contribution in [-0.4, -0.2) is 58.0 Å². The number of nitrogens with zero attached hydrogens (tertiary/aromatic N) is 2. The summed E-state index contributed by atoms with van der Waals surface area (Å²) in [6.07, 6.45) is 0. The van der Waals surface area contributed by atoms with Gasteiger partial charge in [-0.1, -0.05) is 31.5 Å². The Morgan fingerprint density at radius 2 is 1.70 bits per heavy atom. The van der Waals surface area contributed by atoms with Gasteiger partial charge >= 0.3 is 0 Å². The highest BCUT2D eigenvalue weighted by Gasteiger charge is 2.26. The fraction of sp³-hybridized carbons (Fsp3) is 0.409. The van der Waals surface area contributed by atoms with E-state index in [0.717, 1.165) is 5.56 Å². The van der Waals surface area contributed by atoms with E-state index in [1.165, 1.54) is 10.4 Å². The summed E-state index contributed by atoms with van der Waals surface area (Å²) in [6.45, 7) is 8.74. The number of morpholine rings is 1. The number of amides is 1. The Hall–Kier alpha value is -2.42. The maximum absolute atomic E-state index is 13.2. The van der Waals surface area contributed by atoms with E-state index in [-0.39, 0.29) is 10.8 Å². The summed E-state index contributed by atoms with van der Waals surface area (Å²) in [5.74, 6) is -0.336. The van der Waals surface area contributed by atoms with E-state index >= 15 is 0 Å². The molecule has 0 atom stereocenters. The van der Waals surface area contributed by atoms with Gasteiger partial charge in [-0.15, -0.1) is 0 Å². The van der Waals surface area contributed by atoms with Crippen LogP contribution < -0.4 is 10.2 Å². The first-order valence-corrected chi connectivity index (χ1v) is 11.7. The Morgan fingerprint density at radius 3 is 2.30 bits per heavy atom. The molecule has 0 aliphatic carbocycles. The molecule has 1 aliphatic rings. The van der Waals surface area contributed by atoms with Crippen LogP contribution in [0.1, 0.15) is 29.8 Å². The van der Waals surface area contributed by atoms with Gasteiger partial charge in [0, 0.05) is 37.6 Å². The molecule has 0 spiro atoms. The molecule has 3 rings (SSSR count). The Morgan fingerprint density at radius 1 is 1.07 bits per heavy atom. The molecule has 1 fully saturated rings. The summed E-state index contributed by atoms with van der Waals surface area (Å²) >= 11 is 0. The summed E-state index contributed by atoms with van der Waals surface area (Å²) in [6, 6.07) is 12.3. The predicted molar refractivity (Wildman–Crippen MR) is 119 cm³/mol. The fourth-order valence-electron chi connectivity index (χ4n) is 3.49. The number of benzene rings is 2. The van der Waals surface area contributed by atoms with Crippen molar-refractivity contribution in [3.8, 4) is 0 Å². The molecule has 7 nitrogen and oxygen atoms in total. The molecule has 1 N–H and O–H groups in total. The van der Waals surface area contributed by atoms with Crippen molar-refractivity contribution >= 4 is 27.3 Å². The van der Waals surface area contributed by atoms with Gasteiger partial charge in [-0.05, 0) is 37.3 Å². The molecule has 1 heterocycles. The molecule has 162 valence electrons. The molecule has 0 aromatic heterocycles. The quantitative estimate of drug-likeness (QED) is 0.729. The normalized spacial score (nSPS) is 14.7. The summed E-state index contributed by atoms with van der Waals surface area (Å²) < 4.78 is 32.8. The van der Waals surface area contributed by atoms with Crippen LogP contribution in [0, 0.1) is 6.92 Å². The van der Waals surface area contributed by atoms with Crippen LogP contribution in [-0.2, 0) is 14.8 Å². The molecule has 0 radical (unpaired) electrons. The third-order valence-electron chi connectivity index (χ3n) is 5.22. The third kappa shape index (κ3) is 4.83.